The number of aromatic nitrogens is 1. The Balaban J connectivity index is 2.09. The summed E-state index contributed by atoms with van der Waals surface area (Å²) in [6.45, 7) is 0.620. The molecule has 0 spiro atoms. The highest BCUT2D eigenvalue weighted by molar-refractivity contribution is 6.01. The van der Waals surface area contributed by atoms with E-state index in [2.05, 4.69) is 4.98 Å². The van der Waals surface area contributed by atoms with Gasteiger partial charge in [0.2, 0.25) is 5.91 Å². The second-order valence-corrected chi connectivity index (χ2v) is 3.45. The van der Waals surface area contributed by atoms with Crippen LogP contribution in [0.15, 0.2) is 24.5 Å². The summed E-state index contributed by atoms with van der Waals surface area (Å²) in [5.41, 5.74) is 0.974. The molecule has 0 N–H and O–H groups in total. The predicted molar refractivity (Wildman–Crippen MR) is 52.8 cm³/mol. The number of rotatable bonds is 2. The van der Waals surface area contributed by atoms with Crippen LogP contribution in [0.4, 0.5) is 4.79 Å². The van der Waals surface area contributed by atoms with Crippen molar-refractivity contribution in [2.24, 2.45) is 0 Å². The molecule has 1 aliphatic heterocycles. The number of urea groups is 1. The first-order chi connectivity index (χ1) is 7.18. The molecule has 5 nitrogen and oxygen atoms in total. The zero-order valence-corrected chi connectivity index (χ0v) is 8.38. The van der Waals surface area contributed by atoms with Crippen LogP contribution in [0.2, 0.25) is 0 Å². The normalized spacial score (nSPS) is 16.3. The Morgan fingerprint density at radius 3 is 2.53 bits per heavy atom. The van der Waals surface area contributed by atoms with Crippen LogP contribution in [0.25, 0.3) is 0 Å². The Morgan fingerprint density at radius 1 is 1.33 bits per heavy atom. The number of likely N-dealkylation sites (N-methyl/N-ethyl adjacent to an activating group) is 1. The molecule has 1 aliphatic rings. The number of pyridine rings is 1. The van der Waals surface area contributed by atoms with Gasteiger partial charge >= 0.3 is 6.03 Å². The molecule has 5 heteroatoms. The van der Waals surface area contributed by atoms with Gasteiger partial charge in [0.15, 0.2) is 0 Å². The summed E-state index contributed by atoms with van der Waals surface area (Å²) in [4.78, 5) is 29.3. The summed E-state index contributed by atoms with van der Waals surface area (Å²) in [6, 6.07) is 3.42. The number of nitrogens with zero attached hydrogens (tertiary/aromatic N) is 3. The first kappa shape index (κ1) is 9.64. The van der Waals surface area contributed by atoms with E-state index in [1.165, 1.54) is 11.9 Å². The Bertz CT molecular complexity index is 391. The fourth-order valence-electron chi connectivity index (χ4n) is 1.49. The van der Waals surface area contributed by atoms with Crippen molar-refractivity contribution in [3.05, 3.63) is 30.1 Å². The van der Waals surface area contributed by atoms with Gasteiger partial charge in [-0.25, -0.2) is 4.79 Å². The van der Waals surface area contributed by atoms with Gasteiger partial charge in [-0.2, -0.15) is 0 Å². The second-order valence-electron chi connectivity index (χ2n) is 3.45. The van der Waals surface area contributed by atoms with Crippen molar-refractivity contribution < 1.29 is 9.59 Å². The van der Waals surface area contributed by atoms with E-state index in [4.69, 9.17) is 0 Å². The third-order valence-electron chi connectivity index (χ3n) is 2.38. The average Bonchev–Trinajstić information content (AvgIpc) is 2.48. The molecular weight excluding hydrogens is 194 g/mol. The molecule has 1 saturated heterocycles. The van der Waals surface area contributed by atoms with Crippen LogP contribution in [0.3, 0.4) is 0 Å². The molecule has 0 atom stereocenters. The maximum absolute atomic E-state index is 11.5. The summed E-state index contributed by atoms with van der Waals surface area (Å²) in [5, 5.41) is 0. The molecule has 1 aromatic heterocycles. The number of hydrogen-bond acceptors (Lipinski definition) is 3. The van der Waals surface area contributed by atoms with Crippen LogP contribution >= 0.6 is 0 Å². The minimum atomic E-state index is -0.239. The minimum Gasteiger partial charge on any atom is -0.311 e. The van der Waals surface area contributed by atoms with Gasteiger partial charge in [-0.15, -0.1) is 0 Å². The lowest BCUT2D eigenvalue weighted by molar-refractivity contribution is -0.124. The van der Waals surface area contributed by atoms with Gasteiger partial charge in [-0.3, -0.25) is 14.7 Å². The van der Waals surface area contributed by atoms with Crippen molar-refractivity contribution in [1.82, 2.24) is 14.8 Å². The van der Waals surface area contributed by atoms with Gasteiger partial charge in [0.1, 0.15) is 6.54 Å². The predicted octanol–water partition coefficient (Wildman–Crippen LogP) is 0.476. The summed E-state index contributed by atoms with van der Waals surface area (Å²) in [5.74, 6) is -0.158. The standard InChI is InChI=1S/C10H11N3O2/c1-12-9(14)7-13(10(12)15)6-8-2-4-11-5-3-8/h2-5H,6-7H2,1H3. The van der Waals surface area contributed by atoms with E-state index in [0.717, 1.165) is 10.5 Å². The van der Waals surface area contributed by atoms with E-state index >= 15 is 0 Å². The smallest absolute Gasteiger partial charge is 0.311 e. The first-order valence-corrected chi connectivity index (χ1v) is 4.63. The number of hydrogen-bond donors (Lipinski definition) is 0. The van der Waals surface area contributed by atoms with Crippen LogP contribution < -0.4 is 0 Å². The lowest BCUT2D eigenvalue weighted by atomic mass is 10.2. The van der Waals surface area contributed by atoms with Gasteiger partial charge in [-0.1, -0.05) is 0 Å². The molecule has 0 unspecified atom stereocenters. The maximum atomic E-state index is 11.5. The van der Waals surface area contributed by atoms with Gasteiger partial charge in [0, 0.05) is 26.0 Å². The van der Waals surface area contributed by atoms with Gasteiger partial charge < -0.3 is 4.90 Å². The molecule has 2 heterocycles. The van der Waals surface area contributed by atoms with Gasteiger partial charge in [0.25, 0.3) is 0 Å². The Kier molecular flexibility index (Phi) is 2.37. The topological polar surface area (TPSA) is 53.5 Å². The summed E-state index contributed by atoms with van der Waals surface area (Å²) in [6.07, 6.45) is 3.34. The molecule has 15 heavy (non-hydrogen) atoms. The largest absolute Gasteiger partial charge is 0.327 e. The molecule has 1 fully saturated rings. The van der Waals surface area contributed by atoms with Crippen molar-refractivity contribution in [1.29, 1.82) is 0 Å². The molecule has 1 aromatic rings. The monoisotopic (exact) mass is 205 g/mol. The first-order valence-electron chi connectivity index (χ1n) is 4.63. The zero-order chi connectivity index (χ0) is 10.8. The Hall–Kier alpha value is -1.91. The maximum Gasteiger partial charge on any atom is 0.327 e. The van der Waals surface area contributed by atoms with Gasteiger partial charge in [0.05, 0.1) is 0 Å². The molecule has 0 aromatic carbocycles. The highest BCUT2D eigenvalue weighted by Crippen LogP contribution is 2.11. The molecule has 3 amide bonds. The Morgan fingerprint density at radius 2 is 2.00 bits per heavy atom. The average molecular weight is 205 g/mol. The van der Waals surface area contributed by atoms with Gasteiger partial charge in [-0.05, 0) is 17.7 Å². The van der Waals surface area contributed by atoms with E-state index in [0.29, 0.717) is 6.54 Å². The lowest BCUT2D eigenvalue weighted by Gasteiger charge is -2.14. The van der Waals surface area contributed by atoms with Crippen LogP contribution in [-0.4, -0.2) is 40.3 Å². The van der Waals surface area contributed by atoms with Crippen molar-refractivity contribution in [2.75, 3.05) is 13.6 Å². The van der Waals surface area contributed by atoms with Crippen LogP contribution in [-0.2, 0) is 11.3 Å². The highest BCUT2D eigenvalue weighted by atomic mass is 16.2. The third kappa shape index (κ3) is 1.81. The van der Waals surface area contributed by atoms with E-state index < -0.39 is 0 Å². The van der Waals surface area contributed by atoms with Crippen molar-refractivity contribution in [2.45, 2.75) is 6.54 Å². The molecule has 0 saturated carbocycles. The lowest BCUT2D eigenvalue weighted by Crippen LogP contribution is -2.29. The van der Waals surface area contributed by atoms with Crippen molar-refractivity contribution in [3.63, 3.8) is 0 Å². The van der Waals surface area contributed by atoms with Crippen molar-refractivity contribution in [3.8, 4) is 0 Å². The zero-order valence-electron chi connectivity index (χ0n) is 8.38. The fraction of sp³-hybridized carbons (Fsp3) is 0.300. The third-order valence-corrected chi connectivity index (χ3v) is 2.38. The molecule has 2 rings (SSSR count). The molecular formula is C10H11N3O2. The summed E-state index contributed by atoms with van der Waals surface area (Å²) in [7, 11) is 1.50. The van der Waals surface area contributed by atoms with Crippen LogP contribution in [0.5, 0.6) is 0 Å². The minimum absolute atomic E-state index is 0.158. The van der Waals surface area contributed by atoms with Crippen LogP contribution in [0, 0.1) is 0 Å². The van der Waals surface area contributed by atoms with E-state index in [9.17, 15) is 9.59 Å². The molecule has 0 bridgehead atoms. The van der Waals surface area contributed by atoms with E-state index in [1.807, 2.05) is 12.1 Å². The molecule has 0 radical (unpaired) electrons. The van der Waals surface area contributed by atoms with Crippen molar-refractivity contribution >= 4 is 11.9 Å². The summed E-state index contributed by atoms with van der Waals surface area (Å²) >= 11 is 0. The summed E-state index contributed by atoms with van der Waals surface area (Å²) < 4.78 is 0. The molecule has 0 aliphatic carbocycles. The number of amides is 3. The number of carbonyl (C=O) groups excluding carboxylic acids is 2. The van der Waals surface area contributed by atoms with E-state index in [1.54, 1.807) is 12.4 Å². The highest BCUT2D eigenvalue weighted by Gasteiger charge is 2.32. The Labute approximate surface area is 87.3 Å². The second kappa shape index (κ2) is 3.68. The van der Waals surface area contributed by atoms with Crippen LogP contribution in [0.1, 0.15) is 5.56 Å². The number of imide groups is 1. The number of carbonyl (C=O) groups is 2. The fourth-order valence-corrected chi connectivity index (χ4v) is 1.49. The quantitative estimate of drug-likeness (QED) is 0.660. The molecule has 78 valence electrons. The van der Waals surface area contributed by atoms with E-state index in [-0.39, 0.29) is 18.5 Å². The SMILES string of the molecule is CN1C(=O)CN(Cc2ccncc2)C1=O.